The predicted octanol–water partition coefficient (Wildman–Crippen LogP) is -2.22. The third kappa shape index (κ3) is 5.02. The molecule has 4 aromatic rings. The Labute approximate surface area is 249 Å². The molecular weight excluding hydrogens is 648 g/mol. The minimum absolute atomic E-state index is 0.0149. The number of nitrogens with two attached hydrogens (primary N) is 2. The molecule has 3 aliphatic rings. The summed E-state index contributed by atoms with van der Waals surface area (Å²) in [6.45, 7) is -1.45. The van der Waals surface area contributed by atoms with E-state index in [1.807, 2.05) is 0 Å². The first-order valence-corrected chi connectivity index (χ1v) is 16.2. The summed E-state index contributed by atoms with van der Waals surface area (Å²) in [5.41, 5.74) is 9.00. The van der Waals surface area contributed by atoms with Gasteiger partial charge >= 0.3 is 15.4 Å². The van der Waals surface area contributed by atoms with Crippen LogP contribution in [0.1, 0.15) is 12.5 Å². The first kappa shape index (κ1) is 30.2. The molecule has 3 fully saturated rings. The number of nitrogens with zero attached hydrogens (tertiary/aromatic N) is 8. The summed E-state index contributed by atoms with van der Waals surface area (Å²) < 4.78 is 62.9. The topological polar surface area (TPSA) is 322 Å². The lowest BCUT2D eigenvalue weighted by molar-refractivity contribution is -0.0615. The molecule has 7 rings (SSSR count). The highest BCUT2D eigenvalue weighted by Gasteiger charge is 2.58. The van der Waals surface area contributed by atoms with Crippen molar-refractivity contribution < 1.29 is 51.8 Å². The average Bonchev–Trinajstić information content (AvgIpc) is 3.74. The SMILES string of the molecule is CO[C@H]1[C@H]2OP(=O)(O)OC[C@H]3O[C@@H](n4ncc5c(N)nnnc54)[C@H](O)[C@@H]3P(=O)(O)OC[C@H]1O[C@H]2n1cnc2c(=O)[nH]c(N)nc21. The molecule has 0 radical (unpaired) electrons. The van der Waals surface area contributed by atoms with Crippen molar-refractivity contribution in [2.45, 2.75) is 48.6 Å². The zero-order chi connectivity index (χ0) is 31.8. The van der Waals surface area contributed by atoms with E-state index < -0.39 is 82.8 Å². The largest absolute Gasteiger partial charge is 0.472 e. The fourth-order valence-corrected chi connectivity index (χ4v) is 8.24. The zero-order valence-corrected chi connectivity index (χ0v) is 24.6. The van der Waals surface area contributed by atoms with Crippen LogP contribution in [0.25, 0.3) is 22.2 Å². The Morgan fingerprint density at radius 2 is 1.84 bits per heavy atom. The molecule has 3 saturated heterocycles. The van der Waals surface area contributed by atoms with Crippen molar-refractivity contribution in [2.75, 3.05) is 31.8 Å². The minimum Gasteiger partial charge on any atom is -0.387 e. The molecule has 10 atom stereocenters. The molecule has 2 bridgehead atoms. The monoisotopic (exact) mass is 673 g/mol. The van der Waals surface area contributed by atoms with Crippen LogP contribution in [0.3, 0.4) is 0 Å². The van der Waals surface area contributed by atoms with E-state index in [0.29, 0.717) is 0 Å². The van der Waals surface area contributed by atoms with Gasteiger partial charge in [-0.05, 0) is 5.21 Å². The molecule has 242 valence electrons. The van der Waals surface area contributed by atoms with Gasteiger partial charge in [0.25, 0.3) is 5.56 Å². The van der Waals surface area contributed by atoms with Crippen LogP contribution in [0.5, 0.6) is 0 Å². The van der Waals surface area contributed by atoms with Crippen molar-refractivity contribution >= 4 is 49.4 Å². The first-order chi connectivity index (χ1) is 21.4. The van der Waals surface area contributed by atoms with Gasteiger partial charge < -0.3 is 45.1 Å². The highest BCUT2D eigenvalue weighted by atomic mass is 31.2. The molecule has 0 amide bonds. The summed E-state index contributed by atoms with van der Waals surface area (Å²) in [6.07, 6.45) is -7.47. The number of ether oxygens (including phenoxy) is 3. The van der Waals surface area contributed by atoms with Crippen LogP contribution in [-0.2, 0) is 36.9 Å². The van der Waals surface area contributed by atoms with Crippen molar-refractivity contribution in [1.29, 1.82) is 0 Å². The molecule has 3 aliphatic heterocycles. The van der Waals surface area contributed by atoms with E-state index in [9.17, 15) is 28.8 Å². The number of anilines is 2. The van der Waals surface area contributed by atoms with E-state index in [1.54, 1.807) is 0 Å². The predicted molar refractivity (Wildman–Crippen MR) is 145 cm³/mol. The van der Waals surface area contributed by atoms with Crippen molar-refractivity contribution in [1.82, 2.24) is 44.7 Å². The standard InChI is InChI=1S/C20H25N11O12P2/c1-38-11-7-3-39-44(34,35)13-8(42-18(10(13)32)31-15-6(2-24-31)14(21)27-29-28-15)4-40-45(36,37)43-12(11)19(41-7)30-5-23-9-16(30)25-20(22)26-17(9)33/h2,5,7-8,10-13,18-19,32H,3-4H2,1H3,(H,34,35)(H,36,37)(H2,21,27,28)(H3,22,25,26,33)/t7-,8-,10-,11-,12-,13-,18-,19-/m1/s1. The van der Waals surface area contributed by atoms with Crippen molar-refractivity contribution in [2.24, 2.45) is 0 Å². The van der Waals surface area contributed by atoms with Gasteiger partial charge in [0.05, 0.1) is 31.1 Å². The quantitative estimate of drug-likeness (QED) is 0.125. The molecule has 0 spiro atoms. The maximum absolute atomic E-state index is 13.7. The maximum atomic E-state index is 13.7. The van der Waals surface area contributed by atoms with Crippen LogP contribution in [0.2, 0.25) is 0 Å². The summed E-state index contributed by atoms with van der Waals surface area (Å²) in [4.78, 5) is 44.7. The highest BCUT2D eigenvalue weighted by molar-refractivity contribution is 7.53. The summed E-state index contributed by atoms with van der Waals surface area (Å²) in [5.74, 6) is -0.256. The highest BCUT2D eigenvalue weighted by Crippen LogP contribution is 2.58. The van der Waals surface area contributed by atoms with E-state index in [-0.39, 0.29) is 34.0 Å². The number of aliphatic hydroxyl groups excluding tert-OH is 1. The molecule has 2 unspecified atom stereocenters. The second-order valence-electron chi connectivity index (χ2n) is 10.3. The lowest BCUT2D eigenvalue weighted by Gasteiger charge is -2.29. The molecule has 25 heteroatoms. The Morgan fingerprint density at radius 1 is 1.09 bits per heavy atom. The van der Waals surface area contributed by atoms with E-state index in [4.69, 9.17) is 39.2 Å². The van der Waals surface area contributed by atoms with Gasteiger partial charge in [-0.3, -0.25) is 28.0 Å². The Bertz CT molecular complexity index is 1940. The van der Waals surface area contributed by atoms with Gasteiger partial charge in [0.2, 0.25) is 5.95 Å². The summed E-state index contributed by atoms with van der Waals surface area (Å²) in [6, 6.07) is 0. The fourth-order valence-electron chi connectivity index (χ4n) is 5.67. The average molecular weight is 673 g/mol. The number of H-pyrrole nitrogens is 1. The number of methoxy groups -OCH3 is 1. The molecule has 4 aromatic heterocycles. The first-order valence-electron chi connectivity index (χ1n) is 13.1. The third-order valence-corrected chi connectivity index (χ3v) is 10.6. The Morgan fingerprint density at radius 3 is 2.62 bits per heavy atom. The molecule has 8 N–H and O–H groups in total. The second kappa shape index (κ2) is 10.8. The normalized spacial score (nSPS) is 37.4. The number of imidazole rings is 1. The van der Waals surface area contributed by atoms with Crippen molar-refractivity contribution in [3.63, 3.8) is 0 Å². The third-order valence-electron chi connectivity index (χ3n) is 7.66. The number of nitrogen functional groups attached to an aromatic ring is 2. The van der Waals surface area contributed by atoms with Crippen molar-refractivity contribution in [3.05, 3.63) is 22.9 Å². The van der Waals surface area contributed by atoms with Crippen LogP contribution < -0.4 is 17.0 Å². The number of hydrogen-bond donors (Lipinski definition) is 6. The maximum Gasteiger partial charge on any atom is 0.472 e. The molecule has 7 heterocycles. The smallest absolute Gasteiger partial charge is 0.387 e. The number of hydrogen-bond acceptors (Lipinski definition) is 18. The van der Waals surface area contributed by atoms with Gasteiger partial charge in [-0.1, -0.05) is 0 Å². The van der Waals surface area contributed by atoms with Crippen LogP contribution in [0, 0.1) is 0 Å². The second-order valence-corrected chi connectivity index (χ2v) is 13.7. The number of phosphoric acid groups is 1. The number of aliphatic hydroxyl groups is 1. The number of nitrogens with one attached hydrogen (secondary N) is 1. The molecular formula is C20H25N11O12P2. The molecule has 0 aromatic carbocycles. The number of rotatable bonds is 3. The molecule has 0 aliphatic carbocycles. The van der Waals surface area contributed by atoms with Gasteiger partial charge in [-0.15, -0.1) is 10.2 Å². The fraction of sp³-hybridized carbons (Fsp3) is 0.550. The summed E-state index contributed by atoms with van der Waals surface area (Å²) in [7, 11) is -8.66. The van der Waals surface area contributed by atoms with Crippen LogP contribution in [0.15, 0.2) is 17.3 Å². The van der Waals surface area contributed by atoms with Gasteiger partial charge in [0, 0.05) is 7.11 Å². The van der Waals surface area contributed by atoms with Gasteiger partial charge in [-0.25, -0.2) is 14.2 Å². The number of fused-ring (bicyclic) bond motifs is 5. The van der Waals surface area contributed by atoms with Crippen LogP contribution >= 0.6 is 15.4 Å². The zero-order valence-electron chi connectivity index (χ0n) is 22.8. The van der Waals surface area contributed by atoms with E-state index in [2.05, 4.69) is 35.5 Å². The number of aromatic amines is 1. The van der Waals surface area contributed by atoms with E-state index in [1.165, 1.54) is 24.2 Å². The molecule has 0 saturated carbocycles. The number of phosphoric ester groups is 1. The van der Waals surface area contributed by atoms with E-state index >= 15 is 0 Å². The molecule has 45 heavy (non-hydrogen) atoms. The Kier molecular flexibility index (Phi) is 7.26. The summed E-state index contributed by atoms with van der Waals surface area (Å²) in [5, 5.41) is 26.6. The Balaban J connectivity index is 1.24. The van der Waals surface area contributed by atoms with Crippen molar-refractivity contribution in [3.8, 4) is 0 Å². The lowest BCUT2D eigenvalue weighted by Crippen LogP contribution is -2.39. The van der Waals surface area contributed by atoms with Gasteiger partial charge in [-0.2, -0.15) is 10.1 Å². The lowest BCUT2D eigenvalue weighted by atomic mass is 10.1. The molecule has 23 nitrogen and oxygen atoms in total. The Hall–Kier alpha value is -3.47. The van der Waals surface area contributed by atoms with Crippen LogP contribution in [-0.4, -0.2) is 116 Å². The van der Waals surface area contributed by atoms with E-state index in [0.717, 1.165) is 4.68 Å². The van der Waals surface area contributed by atoms with Gasteiger partial charge in [0.15, 0.2) is 35.1 Å². The minimum atomic E-state index is -5.04. The van der Waals surface area contributed by atoms with Crippen LogP contribution in [0.4, 0.5) is 11.8 Å². The van der Waals surface area contributed by atoms with Gasteiger partial charge in [0.1, 0.15) is 36.2 Å². The summed E-state index contributed by atoms with van der Waals surface area (Å²) >= 11 is 0. The number of aromatic nitrogens is 9.